The quantitative estimate of drug-likeness (QED) is 0.793. The average Bonchev–Trinajstić information content (AvgIpc) is 2.42. The maximum atomic E-state index is 12.1. The van der Waals surface area contributed by atoms with Gasteiger partial charge in [0.2, 0.25) is 5.91 Å². The van der Waals surface area contributed by atoms with E-state index in [2.05, 4.69) is 26.1 Å². The largest absolute Gasteiger partial charge is 0.348 e. The first-order chi connectivity index (χ1) is 9.06. The summed E-state index contributed by atoms with van der Waals surface area (Å²) >= 11 is 0. The molecule has 2 atom stereocenters. The standard InChI is InChI=1S/C16H26N2O/c1-4-5-11-14(17)16(19)18-15(12(2)3)13-9-7-6-8-10-13/h6-10,12,14-15H,4-5,11,17H2,1-3H3,(H,18,19). The van der Waals surface area contributed by atoms with Crippen LogP contribution in [0.3, 0.4) is 0 Å². The average molecular weight is 262 g/mol. The van der Waals surface area contributed by atoms with E-state index in [0.29, 0.717) is 5.92 Å². The lowest BCUT2D eigenvalue weighted by atomic mass is 9.95. The van der Waals surface area contributed by atoms with Crippen molar-refractivity contribution in [3.05, 3.63) is 35.9 Å². The maximum absolute atomic E-state index is 12.1. The number of carbonyl (C=O) groups excluding carboxylic acids is 1. The van der Waals surface area contributed by atoms with Gasteiger partial charge in [0.15, 0.2) is 0 Å². The van der Waals surface area contributed by atoms with E-state index in [0.717, 1.165) is 24.8 Å². The molecular formula is C16H26N2O. The minimum Gasteiger partial charge on any atom is -0.348 e. The van der Waals surface area contributed by atoms with Gasteiger partial charge in [-0.1, -0.05) is 63.9 Å². The van der Waals surface area contributed by atoms with Gasteiger partial charge in [-0.05, 0) is 17.9 Å². The number of benzene rings is 1. The predicted molar refractivity (Wildman–Crippen MR) is 79.7 cm³/mol. The van der Waals surface area contributed by atoms with Crippen molar-refractivity contribution in [2.45, 2.75) is 52.1 Å². The molecule has 3 N–H and O–H groups in total. The summed E-state index contributed by atoms with van der Waals surface area (Å²) in [6.45, 7) is 6.32. The summed E-state index contributed by atoms with van der Waals surface area (Å²) in [7, 11) is 0. The summed E-state index contributed by atoms with van der Waals surface area (Å²) in [5, 5.41) is 3.08. The first-order valence-corrected chi connectivity index (χ1v) is 7.17. The van der Waals surface area contributed by atoms with Crippen molar-refractivity contribution in [3.8, 4) is 0 Å². The highest BCUT2D eigenvalue weighted by Crippen LogP contribution is 2.21. The number of rotatable bonds is 7. The zero-order valence-electron chi connectivity index (χ0n) is 12.2. The van der Waals surface area contributed by atoms with E-state index in [1.165, 1.54) is 0 Å². The van der Waals surface area contributed by atoms with E-state index in [-0.39, 0.29) is 11.9 Å². The maximum Gasteiger partial charge on any atom is 0.237 e. The lowest BCUT2D eigenvalue weighted by Crippen LogP contribution is -2.43. The first kappa shape index (κ1) is 15.7. The monoisotopic (exact) mass is 262 g/mol. The fraction of sp³-hybridized carbons (Fsp3) is 0.562. The van der Waals surface area contributed by atoms with Crippen LogP contribution in [0.5, 0.6) is 0 Å². The Morgan fingerprint density at radius 2 is 1.89 bits per heavy atom. The van der Waals surface area contributed by atoms with E-state index in [1.807, 2.05) is 30.3 Å². The van der Waals surface area contributed by atoms with E-state index in [4.69, 9.17) is 5.73 Å². The molecule has 3 heteroatoms. The van der Waals surface area contributed by atoms with Gasteiger partial charge in [-0.15, -0.1) is 0 Å². The Morgan fingerprint density at radius 1 is 1.26 bits per heavy atom. The van der Waals surface area contributed by atoms with E-state index < -0.39 is 6.04 Å². The molecule has 106 valence electrons. The fourth-order valence-corrected chi connectivity index (χ4v) is 2.11. The lowest BCUT2D eigenvalue weighted by Gasteiger charge is -2.24. The van der Waals surface area contributed by atoms with Gasteiger partial charge in [0.25, 0.3) is 0 Å². The Kier molecular flexibility index (Phi) is 6.57. The summed E-state index contributed by atoms with van der Waals surface area (Å²) in [5.74, 6) is 0.292. The second-order valence-corrected chi connectivity index (χ2v) is 5.39. The Hall–Kier alpha value is -1.35. The fourth-order valence-electron chi connectivity index (χ4n) is 2.11. The van der Waals surface area contributed by atoms with Crippen LogP contribution in [0, 0.1) is 5.92 Å². The van der Waals surface area contributed by atoms with Crippen molar-refractivity contribution in [1.29, 1.82) is 0 Å². The molecule has 0 aromatic heterocycles. The Morgan fingerprint density at radius 3 is 2.42 bits per heavy atom. The molecule has 1 rings (SSSR count). The van der Waals surface area contributed by atoms with Crippen LogP contribution < -0.4 is 11.1 Å². The zero-order valence-corrected chi connectivity index (χ0v) is 12.2. The van der Waals surface area contributed by atoms with Gasteiger partial charge >= 0.3 is 0 Å². The van der Waals surface area contributed by atoms with Crippen molar-refractivity contribution in [2.24, 2.45) is 11.7 Å². The van der Waals surface area contributed by atoms with Crippen molar-refractivity contribution in [1.82, 2.24) is 5.32 Å². The number of hydrogen-bond donors (Lipinski definition) is 2. The molecule has 3 nitrogen and oxygen atoms in total. The molecular weight excluding hydrogens is 236 g/mol. The Balaban J connectivity index is 2.67. The molecule has 0 bridgehead atoms. The SMILES string of the molecule is CCCCC(N)C(=O)NC(c1ccccc1)C(C)C. The second kappa shape index (κ2) is 7.95. The van der Waals surface area contributed by atoms with E-state index >= 15 is 0 Å². The van der Waals surface area contributed by atoms with Gasteiger partial charge in [0, 0.05) is 0 Å². The Bertz CT molecular complexity index is 376. The van der Waals surface area contributed by atoms with Gasteiger partial charge in [-0.2, -0.15) is 0 Å². The van der Waals surface area contributed by atoms with Crippen molar-refractivity contribution in [3.63, 3.8) is 0 Å². The molecule has 1 amide bonds. The van der Waals surface area contributed by atoms with Gasteiger partial charge in [-0.3, -0.25) is 4.79 Å². The minimum atomic E-state index is -0.398. The highest BCUT2D eigenvalue weighted by Gasteiger charge is 2.21. The zero-order chi connectivity index (χ0) is 14.3. The van der Waals surface area contributed by atoms with Gasteiger partial charge in [0.05, 0.1) is 12.1 Å². The van der Waals surface area contributed by atoms with Crippen molar-refractivity contribution < 1.29 is 4.79 Å². The van der Waals surface area contributed by atoms with Crippen LogP contribution in [0.1, 0.15) is 51.6 Å². The summed E-state index contributed by atoms with van der Waals surface area (Å²) < 4.78 is 0. The van der Waals surface area contributed by atoms with Gasteiger partial charge in [-0.25, -0.2) is 0 Å². The second-order valence-electron chi connectivity index (χ2n) is 5.39. The molecule has 0 aliphatic rings. The molecule has 0 spiro atoms. The third-order valence-electron chi connectivity index (χ3n) is 3.33. The van der Waals surface area contributed by atoms with Crippen LogP contribution in [-0.2, 0) is 4.79 Å². The number of hydrogen-bond acceptors (Lipinski definition) is 2. The smallest absolute Gasteiger partial charge is 0.237 e. The van der Waals surface area contributed by atoms with E-state index in [9.17, 15) is 4.79 Å². The molecule has 1 aromatic carbocycles. The molecule has 0 aliphatic carbocycles. The third kappa shape index (κ3) is 5.03. The topological polar surface area (TPSA) is 55.1 Å². The highest BCUT2D eigenvalue weighted by atomic mass is 16.2. The van der Waals surface area contributed by atoms with Crippen molar-refractivity contribution in [2.75, 3.05) is 0 Å². The minimum absolute atomic E-state index is 0.0291. The Labute approximate surface area is 116 Å². The van der Waals surface area contributed by atoms with E-state index in [1.54, 1.807) is 0 Å². The van der Waals surface area contributed by atoms with Crippen LogP contribution >= 0.6 is 0 Å². The molecule has 19 heavy (non-hydrogen) atoms. The van der Waals surface area contributed by atoms with Gasteiger partial charge in [0.1, 0.15) is 0 Å². The number of amides is 1. The van der Waals surface area contributed by atoms with Crippen LogP contribution in [-0.4, -0.2) is 11.9 Å². The molecule has 0 saturated carbocycles. The molecule has 2 unspecified atom stereocenters. The summed E-state index contributed by atoms with van der Waals surface area (Å²) in [5.41, 5.74) is 7.05. The molecule has 0 aliphatic heterocycles. The summed E-state index contributed by atoms with van der Waals surface area (Å²) in [4.78, 5) is 12.1. The lowest BCUT2D eigenvalue weighted by molar-refractivity contribution is -0.123. The summed E-state index contributed by atoms with van der Waals surface area (Å²) in [6.07, 6.45) is 2.81. The molecule has 0 heterocycles. The van der Waals surface area contributed by atoms with Crippen molar-refractivity contribution >= 4 is 5.91 Å². The number of nitrogens with two attached hydrogens (primary N) is 1. The highest BCUT2D eigenvalue weighted by molar-refractivity contribution is 5.81. The van der Waals surface area contributed by atoms with Crippen LogP contribution in [0.15, 0.2) is 30.3 Å². The first-order valence-electron chi connectivity index (χ1n) is 7.17. The number of nitrogens with one attached hydrogen (secondary N) is 1. The number of carbonyl (C=O) groups is 1. The molecule has 0 radical (unpaired) electrons. The van der Waals surface area contributed by atoms with Crippen LogP contribution in [0.25, 0.3) is 0 Å². The normalized spacial score (nSPS) is 14.2. The molecule has 0 fully saturated rings. The summed E-state index contributed by atoms with van der Waals surface area (Å²) in [6, 6.07) is 9.69. The molecule has 1 aromatic rings. The van der Waals surface area contributed by atoms with Gasteiger partial charge < -0.3 is 11.1 Å². The predicted octanol–water partition coefficient (Wildman–Crippen LogP) is 3.02. The third-order valence-corrected chi connectivity index (χ3v) is 3.33. The van der Waals surface area contributed by atoms with Crippen LogP contribution in [0.4, 0.5) is 0 Å². The van der Waals surface area contributed by atoms with Crippen LogP contribution in [0.2, 0.25) is 0 Å². The molecule has 0 saturated heterocycles. The number of unbranched alkanes of at least 4 members (excludes halogenated alkanes) is 1.